The van der Waals surface area contributed by atoms with Gasteiger partial charge in [-0.1, -0.05) is 20.8 Å². The summed E-state index contributed by atoms with van der Waals surface area (Å²) in [5.74, 6) is -0.223. The molecule has 0 aliphatic carbocycles. The third-order valence-electron chi connectivity index (χ3n) is 2.09. The van der Waals surface area contributed by atoms with E-state index >= 15 is 0 Å². The first-order valence-electron chi connectivity index (χ1n) is 5.41. The number of hydrogen-bond donors (Lipinski definition) is 0. The minimum absolute atomic E-state index is 0.0216. The summed E-state index contributed by atoms with van der Waals surface area (Å²) in [7, 11) is 0. The van der Waals surface area contributed by atoms with Gasteiger partial charge < -0.3 is 4.74 Å². The van der Waals surface area contributed by atoms with Crippen LogP contribution in [0.5, 0.6) is 0 Å². The average Bonchev–Trinajstić information content (AvgIpc) is 2.45. The fourth-order valence-corrected chi connectivity index (χ4v) is 2.41. The van der Waals surface area contributed by atoms with Gasteiger partial charge >= 0.3 is 5.97 Å². The van der Waals surface area contributed by atoms with Gasteiger partial charge in [0.1, 0.15) is 5.60 Å². The normalized spacial score (nSPS) is 12.6. The predicted molar refractivity (Wildman–Crippen MR) is 68.2 cm³/mol. The van der Waals surface area contributed by atoms with E-state index in [1.165, 1.54) is 0 Å². The van der Waals surface area contributed by atoms with E-state index < -0.39 is 5.60 Å². The molecule has 1 rings (SSSR count). The molecule has 0 N–H and O–H groups in total. The van der Waals surface area contributed by atoms with Gasteiger partial charge in [0.15, 0.2) is 0 Å². The SMILES string of the molecule is CC(C)(C)OC(=O)c1cscc1C(C)(C)C. The molecule has 16 heavy (non-hydrogen) atoms. The van der Waals surface area contributed by atoms with Crippen LogP contribution < -0.4 is 0 Å². The highest BCUT2D eigenvalue weighted by molar-refractivity contribution is 7.08. The van der Waals surface area contributed by atoms with Crippen molar-refractivity contribution in [2.75, 3.05) is 0 Å². The first-order valence-corrected chi connectivity index (χ1v) is 6.35. The molecule has 0 aliphatic heterocycles. The van der Waals surface area contributed by atoms with E-state index in [0.717, 1.165) is 5.56 Å². The molecular formula is C13H20O2S. The van der Waals surface area contributed by atoms with Gasteiger partial charge in [-0.25, -0.2) is 4.79 Å². The van der Waals surface area contributed by atoms with Crippen LogP contribution in [0, 0.1) is 0 Å². The van der Waals surface area contributed by atoms with Crippen LogP contribution in [0.4, 0.5) is 0 Å². The number of hydrogen-bond acceptors (Lipinski definition) is 3. The average molecular weight is 240 g/mol. The zero-order valence-corrected chi connectivity index (χ0v) is 11.7. The van der Waals surface area contributed by atoms with E-state index in [1.807, 2.05) is 31.5 Å². The molecular weight excluding hydrogens is 220 g/mol. The molecule has 1 heterocycles. The molecule has 0 atom stereocenters. The maximum absolute atomic E-state index is 12.0. The van der Waals surface area contributed by atoms with E-state index in [1.54, 1.807) is 11.3 Å². The Labute approximate surface area is 102 Å². The van der Waals surface area contributed by atoms with Crippen molar-refractivity contribution in [3.8, 4) is 0 Å². The summed E-state index contributed by atoms with van der Waals surface area (Å²) in [4.78, 5) is 12.0. The van der Waals surface area contributed by atoms with Crippen LogP contribution in [0.25, 0.3) is 0 Å². The minimum Gasteiger partial charge on any atom is -0.456 e. The Bertz CT molecular complexity index is 377. The summed E-state index contributed by atoms with van der Waals surface area (Å²) in [5.41, 5.74) is 1.31. The van der Waals surface area contributed by atoms with Crippen molar-refractivity contribution in [2.45, 2.75) is 52.6 Å². The van der Waals surface area contributed by atoms with Crippen molar-refractivity contribution < 1.29 is 9.53 Å². The molecule has 0 radical (unpaired) electrons. The van der Waals surface area contributed by atoms with Crippen molar-refractivity contribution in [3.63, 3.8) is 0 Å². The largest absolute Gasteiger partial charge is 0.456 e. The molecule has 1 aromatic heterocycles. The van der Waals surface area contributed by atoms with Gasteiger partial charge in [0.05, 0.1) is 5.56 Å². The van der Waals surface area contributed by atoms with E-state index in [0.29, 0.717) is 5.56 Å². The molecule has 0 bridgehead atoms. The molecule has 1 aromatic rings. The van der Waals surface area contributed by atoms with Crippen LogP contribution >= 0.6 is 11.3 Å². The molecule has 0 fully saturated rings. The molecule has 0 aromatic carbocycles. The molecule has 90 valence electrons. The molecule has 0 amide bonds. The third kappa shape index (κ3) is 3.34. The lowest BCUT2D eigenvalue weighted by molar-refractivity contribution is 0.00677. The first kappa shape index (κ1) is 13.2. The maximum atomic E-state index is 12.0. The van der Waals surface area contributed by atoms with Gasteiger partial charge in [0.2, 0.25) is 0 Å². The number of carbonyl (C=O) groups excluding carboxylic acids is 1. The van der Waals surface area contributed by atoms with Crippen molar-refractivity contribution in [1.29, 1.82) is 0 Å². The zero-order valence-electron chi connectivity index (χ0n) is 10.9. The van der Waals surface area contributed by atoms with Gasteiger partial charge in [-0.15, -0.1) is 0 Å². The number of rotatable bonds is 1. The van der Waals surface area contributed by atoms with Gasteiger partial charge in [-0.05, 0) is 37.1 Å². The smallest absolute Gasteiger partial charge is 0.339 e. The quantitative estimate of drug-likeness (QED) is 0.693. The number of ether oxygens (including phenoxy) is 1. The Morgan fingerprint density at radius 3 is 2.12 bits per heavy atom. The monoisotopic (exact) mass is 240 g/mol. The Balaban J connectivity index is 2.98. The Morgan fingerprint density at radius 2 is 1.69 bits per heavy atom. The molecule has 0 unspecified atom stereocenters. The molecule has 0 spiro atoms. The van der Waals surface area contributed by atoms with Crippen molar-refractivity contribution >= 4 is 17.3 Å². The lowest BCUT2D eigenvalue weighted by Crippen LogP contribution is -2.25. The van der Waals surface area contributed by atoms with Gasteiger partial charge in [-0.2, -0.15) is 11.3 Å². The lowest BCUT2D eigenvalue weighted by Gasteiger charge is -2.22. The second-order valence-electron chi connectivity index (χ2n) is 5.95. The number of thiophene rings is 1. The molecule has 0 saturated heterocycles. The van der Waals surface area contributed by atoms with Crippen molar-refractivity contribution in [3.05, 3.63) is 21.9 Å². The second kappa shape index (κ2) is 4.21. The van der Waals surface area contributed by atoms with E-state index in [-0.39, 0.29) is 11.4 Å². The first-order chi connectivity index (χ1) is 7.11. The van der Waals surface area contributed by atoms with Crippen molar-refractivity contribution in [1.82, 2.24) is 0 Å². The van der Waals surface area contributed by atoms with E-state index in [9.17, 15) is 4.79 Å². The van der Waals surface area contributed by atoms with Crippen LogP contribution in [-0.2, 0) is 10.2 Å². The lowest BCUT2D eigenvalue weighted by atomic mass is 9.86. The molecule has 0 aliphatic rings. The summed E-state index contributed by atoms with van der Waals surface area (Å²) in [6.07, 6.45) is 0. The zero-order chi connectivity index (χ0) is 12.6. The number of esters is 1. The fourth-order valence-electron chi connectivity index (χ4n) is 1.37. The third-order valence-corrected chi connectivity index (χ3v) is 2.83. The summed E-state index contributed by atoms with van der Waals surface area (Å²) in [5, 5.41) is 3.90. The second-order valence-corrected chi connectivity index (χ2v) is 6.69. The van der Waals surface area contributed by atoms with Gasteiger partial charge in [0, 0.05) is 5.38 Å². The Kier molecular flexibility index (Phi) is 3.48. The summed E-state index contributed by atoms with van der Waals surface area (Å²) >= 11 is 1.55. The minimum atomic E-state index is -0.436. The predicted octanol–water partition coefficient (Wildman–Crippen LogP) is 4.00. The molecule has 3 heteroatoms. The van der Waals surface area contributed by atoms with Crippen LogP contribution in [-0.4, -0.2) is 11.6 Å². The number of carbonyl (C=O) groups is 1. The fraction of sp³-hybridized carbons (Fsp3) is 0.615. The van der Waals surface area contributed by atoms with Gasteiger partial charge in [0.25, 0.3) is 0 Å². The summed E-state index contributed by atoms with van der Waals surface area (Å²) < 4.78 is 5.39. The highest BCUT2D eigenvalue weighted by Gasteiger charge is 2.26. The topological polar surface area (TPSA) is 26.3 Å². The highest BCUT2D eigenvalue weighted by Crippen LogP contribution is 2.30. The van der Waals surface area contributed by atoms with Gasteiger partial charge in [-0.3, -0.25) is 0 Å². The standard InChI is InChI=1S/C13H20O2S/c1-12(2,3)10-8-16-7-9(10)11(14)15-13(4,5)6/h7-8H,1-6H3. The van der Waals surface area contributed by atoms with Crippen LogP contribution in [0.1, 0.15) is 57.5 Å². The molecule has 0 saturated carbocycles. The maximum Gasteiger partial charge on any atom is 0.339 e. The van der Waals surface area contributed by atoms with Crippen LogP contribution in [0.15, 0.2) is 10.8 Å². The highest BCUT2D eigenvalue weighted by atomic mass is 32.1. The van der Waals surface area contributed by atoms with Crippen LogP contribution in [0.3, 0.4) is 0 Å². The van der Waals surface area contributed by atoms with Crippen LogP contribution in [0.2, 0.25) is 0 Å². The summed E-state index contributed by atoms with van der Waals surface area (Å²) in [6, 6.07) is 0. The van der Waals surface area contributed by atoms with E-state index in [4.69, 9.17) is 4.74 Å². The molecule has 2 nitrogen and oxygen atoms in total. The Morgan fingerprint density at radius 1 is 1.12 bits per heavy atom. The van der Waals surface area contributed by atoms with Crippen molar-refractivity contribution in [2.24, 2.45) is 0 Å². The van der Waals surface area contributed by atoms with E-state index in [2.05, 4.69) is 20.8 Å². The summed E-state index contributed by atoms with van der Waals surface area (Å²) in [6.45, 7) is 11.9. The Hall–Kier alpha value is -0.830.